The lowest BCUT2D eigenvalue weighted by Gasteiger charge is -2.34. The van der Waals surface area contributed by atoms with Gasteiger partial charge in [0.1, 0.15) is 0 Å². The van der Waals surface area contributed by atoms with Crippen LogP contribution in [0.2, 0.25) is 0 Å². The van der Waals surface area contributed by atoms with E-state index in [9.17, 15) is 9.59 Å². The van der Waals surface area contributed by atoms with Gasteiger partial charge in [-0.3, -0.25) is 9.59 Å². The monoisotopic (exact) mass is 342 g/mol. The molecule has 0 saturated carbocycles. The third kappa shape index (κ3) is 4.04. The Morgan fingerprint density at radius 1 is 1.12 bits per heavy atom. The summed E-state index contributed by atoms with van der Waals surface area (Å²) in [5.74, 6) is 1.13. The van der Waals surface area contributed by atoms with Gasteiger partial charge in [-0.1, -0.05) is 29.4 Å². The first-order valence-electron chi connectivity index (χ1n) is 8.46. The molecule has 1 aromatic heterocycles. The van der Waals surface area contributed by atoms with E-state index in [1.54, 1.807) is 16.7 Å². The molecular formula is C18H22N4O3. The smallest absolute Gasteiger partial charge is 0.227 e. The van der Waals surface area contributed by atoms with Crippen molar-refractivity contribution >= 4 is 11.8 Å². The number of carbonyl (C=O) groups is 2. The zero-order valence-corrected chi connectivity index (χ0v) is 14.6. The summed E-state index contributed by atoms with van der Waals surface area (Å²) in [7, 11) is 0. The van der Waals surface area contributed by atoms with Crippen LogP contribution >= 0.6 is 0 Å². The van der Waals surface area contributed by atoms with Crippen molar-refractivity contribution < 1.29 is 14.1 Å². The molecule has 7 nitrogen and oxygen atoms in total. The van der Waals surface area contributed by atoms with Gasteiger partial charge in [-0.15, -0.1) is 0 Å². The second-order valence-corrected chi connectivity index (χ2v) is 6.21. The van der Waals surface area contributed by atoms with Crippen molar-refractivity contribution in [2.75, 3.05) is 26.2 Å². The van der Waals surface area contributed by atoms with Crippen LogP contribution in [-0.4, -0.2) is 57.9 Å². The number of piperazine rings is 1. The first-order chi connectivity index (χ1) is 12.0. The molecule has 1 aliphatic rings. The molecule has 25 heavy (non-hydrogen) atoms. The van der Waals surface area contributed by atoms with Gasteiger partial charge in [-0.2, -0.15) is 4.98 Å². The van der Waals surface area contributed by atoms with Gasteiger partial charge in [0.15, 0.2) is 0 Å². The second kappa shape index (κ2) is 7.46. The molecular weight excluding hydrogens is 320 g/mol. The zero-order chi connectivity index (χ0) is 17.8. The summed E-state index contributed by atoms with van der Waals surface area (Å²) < 4.78 is 5.28. The maximum atomic E-state index is 12.3. The summed E-state index contributed by atoms with van der Waals surface area (Å²) in [4.78, 5) is 31.6. The van der Waals surface area contributed by atoms with E-state index in [2.05, 4.69) is 10.1 Å². The lowest BCUT2D eigenvalue weighted by molar-refractivity contribution is -0.138. The Labute approximate surface area is 146 Å². The molecule has 0 bridgehead atoms. The van der Waals surface area contributed by atoms with Gasteiger partial charge in [0.05, 0.1) is 0 Å². The topological polar surface area (TPSA) is 79.5 Å². The van der Waals surface area contributed by atoms with Gasteiger partial charge < -0.3 is 14.3 Å². The Hall–Kier alpha value is -2.70. The summed E-state index contributed by atoms with van der Waals surface area (Å²) in [5, 5.41) is 4.01. The Morgan fingerprint density at radius 2 is 1.80 bits per heavy atom. The van der Waals surface area contributed by atoms with Crippen LogP contribution in [0.25, 0.3) is 11.4 Å². The predicted octanol–water partition coefficient (Wildman–Crippen LogP) is 1.67. The minimum Gasteiger partial charge on any atom is -0.339 e. The van der Waals surface area contributed by atoms with Crippen LogP contribution in [0.4, 0.5) is 0 Å². The van der Waals surface area contributed by atoms with E-state index >= 15 is 0 Å². The summed E-state index contributed by atoms with van der Waals surface area (Å²) in [6.07, 6.45) is 0.750. The van der Waals surface area contributed by atoms with Gasteiger partial charge in [0.2, 0.25) is 23.5 Å². The predicted molar refractivity (Wildman–Crippen MR) is 91.6 cm³/mol. The SMILES string of the molecule is CC(=O)N1CCN(C(=O)CCc2nc(-c3ccccc3C)no2)CC1. The van der Waals surface area contributed by atoms with Crippen LogP contribution in [0.1, 0.15) is 24.8 Å². The quantitative estimate of drug-likeness (QED) is 0.844. The third-order valence-corrected chi connectivity index (χ3v) is 4.48. The molecule has 0 aliphatic carbocycles. The number of rotatable bonds is 4. The van der Waals surface area contributed by atoms with Crippen LogP contribution < -0.4 is 0 Å². The molecule has 1 aliphatic heterocycles. The first-order valence-corrected chi connectivity index (χ1v) is 8.46. The van der Waals surface area contributed by atoms with Crippen molar-refractivity contribution in [1.82, 2.24) is 19.9 Å². The van der Waals surface area contributed by atoms with Gasteiger partial charge in [0.25, 0.3) is 0 Å². The Balaban J connectivity index is 1.53. The zero-order valence-electron chi connectivity index (χ0n) is 14.6. The van der Waals surface area contributed by atoms with E-state index in [4.69, 9.17) is 4.52 Å². The van der Waals surface area contributed by atoms with E-state index in [1.165, 1.54) is 0 Å². The summed E-state index contributed by atoms with van der Waals surface area (Å²) in [6, 6.07) is 7.84. The minimum atomic E-state index is 0.0545. The van der Waals surface area contributed by atoms with Crippen molar-refractivity contribution in [3.8, 4) is 11.4 Å². The highest BCUT2D eigenvalue weighted by molar-refractivity contribution is 5.77. The van der Waals surface area contributed by atoms with Crippen molar-refractivity contribution in [3.05, 3.63) is 35.7 Å². The van der Waals surface area contributed by atoms with E-state index in [1.807, 2.05) is 31.2 Å². The molecule has 0 spiro atoms. The fourth-order valence-corrected chi connectivity index (χ4v) is 2.93. The second-order valence-electron chi connectivity index (χ2n) is 6.21. The molecule has 1 aromatic carbocycles. The highest BCUT2D eigenvalue weighted by Gasteiger charge is 2.22. The van der Waals surface area contributed by atoms with E-state index in [0.717, 1.165) is 11.1 Å². The number of amides is 2. The van der Waals surface area contributed by atoms with Gasteiger partial charge in [0, 0.05) is 51.5 Å². The highest BCUT2D eigenvalue weighted by Crippen LogP contribution is 2.20. The average Bonchev–Trinajstić information content (AvgIpc) is 3.09. The summed E-state index contributed by atoms with van der Waals surface area (Å²) >= 11 is 0. The van der Waals surface area contributed by atoms with Crippen molar-refractivity contribution in [2.45, 2.75) is 26.7 Å². The maximum Gasteiger partial charge on any atom is 0.227 e. The molecule has 2 amide bonds. The normalized spacial score (nSPS) is 14.6. The lowest BCUT2D eigenvalue weighted by atomic mass is 10.1. The van der Waals surface area contributed by atoms with Gasteiger partial charge >= 0.3 is 0 Å². The molecule has 3 rings (SSSR count). The average molecular weight is 342 g/mol. The van der Waals surface area contributed by atoms with E-state index in [0.29, 0.717) is 50.7 Å². The van der Waals surface area contributed by atoms with Crippen molar-refractivity contribution in [1.29, 1.82) is 0 Å². The van der Waals surface area contributed by atoms with Gasteiger partial charge in [-0.05, 0) is 12.5 Å². The Morgan fingerprint density at radius 3 is 2.48 bits per heavy atom. The largest absolute Gasteiger partial charge is 0.339 e. The fraction of sp³-hybridized carbons (Fsp3) is 0.444. The number of hydrogen-bond acceptors (Lipinski definition) is 5. The molecule has 0 atom stereocenters. The van der Waals surface area contributed by atoms with E-state index in [-0.39, 0.29) is 11.8 Å². The van der Waals surface area contributed by atoms with Crippen LogP contribution in [-0.2, 0) is 16.0 Å². The number of aryl methyl sites for hydroxylation is 2. The number of hydrogen-bond donors (Lipinski definition) is 0. The third-order valence-electron chi connectivity index (χ3n) is 4.48. The summed E-state index contributed by atoms with van der Waals surface area (Å²) in [5.41, 5.74) is 2.01. The van der Waals surface area contributed by atoms with Crippen LogP contribution in [0, 0.1) is 6.92 Å². The van der Waals surface area contributed by atoms with Crippen molar-refractivity contribution in [2.24, 2.45) is 0 Å². The fourth-order valence-electron chi connectivity index (χ4n) is 2.93. The number of benzene rings is 1. The molecule has 1 fully saturated rings. The van der Waals surface area contributed by atoms with E-state index < -0.39 is 0 Å². The highest BCUT2D eigenvalue weighted by atomic mass is 16.5. The molecule has 0 radical (unpaired) electrons. The first kappa shape index (κ1) is 17.1. The molecule has 132 valence electrons. The van der Waals surface area contributed by atoms with Crippen molar-refractivity contribution in [3.63, 3.8) is 0 Å². The molecule has 2 heterocycles. The standard InChI is InChI=1S/C18H22N4O3/c1-13-5-3-4-6-15(13)18-19-16(25-20-18)7-8-17(24)22-11-9-21(10-12-22)14(2)23/h3-6H,7-12H2,1-2H3. The number of carbonyl (C=O) groups excluding carboxylic acids is 2. The van der Waals surface area contributed by atoms with Crippen LogP contribution in [0.3, 0.4) is 0 Å². The minimum absolute atomic E-state index is 0.0545. The molecule has 0 N–H and O–H groups in total. The molecule has 7 heteroatoms. The molecule has 2 aromatic rings. The lowest BCUT2D eigenvalue weighted by Crippen LogP contribution is -2.50. The van der Waals surface area contributed by atoms with Crippen LogP contribution in [0.15, 0.2) is 28.8 Å². The maximum absolute atomic E-state index is 12.3. The molecule has 0 unspecified atom stereocenters. The van der Waals surface area contributed by atoms with Crippen LogP contribution in [0.5, 0.6) is 0 Å². The number of aromatic nitrogens is 2. The van der Waals surface area contributed by atoms with Gasteiger partial charge in [-0.25, -0.2) is 0 Å². The number of nitrogens with zero attached hydrogens (tertiary/aromatic N) is 4. The summed E-state index contributed by atoms with van der Waals surface area (Å²) in [6.45, 7) is 5.90. The Bertz CT molecular complexity index is 763. The molecule has 1 saturated heterocycles. The Kier molecular flexibility index (Phi) is 5.11.